The van der Waals surface area contributed by atoms with E-state index < -0.39 is 0 Å². The van der Waals surface area contributed by atoms with Gasteiger partial charge in [0.1, 0.15) is 0 Å². The van der Waals surface area contributed by atoms with Gasteiger partial charge in [-0.1, -0.05) is 23.4 Å². The molecule has 0 saturated heterocycles. The van der Waals surface area contributed by atoms with Gasteiger partial charge in [-0.2, -0.15) is 0 Å². The predicted molar refractivity (Wildman–Crippen MR) is 79.8 cm³/mol. The van der Waals surface area contributed by atoms with E-state index in [2.05, 4.69) is 22.5 Å². The topological polar surface area (TPSA) is 61.4 Å². The second-order valence-electron chi connectivity index (χ2n) is 4.69. The maximum atomic E-state index is 11.8. The smallest absolute Gasteiger partial charge is 0.319 e. The fourth-order valence-electron chi connectivity index (χ4n) is 1.84. The molecule has 3 N–H and O–H groups in total. The molecular formula is C15H17ClN2O2. The van der Waals surface area contributed by atoms with Crippen molar-refractivity contribution in [1.29, 1.82) is 0 Å². The van der Waals surface area contributed by atoms with Gasteiger partial charge in [0.05, 0.1) is 12.3 Å². The van der Waals surface area contributed by atoms with Gasteiger partial charge in [-0.05, 0) is 37.5 Å². The molecule has 0 heterocycles. The van der Waals surface area contributed by atoms with E-state index in [1.54, 1.807) is 18.2 Å². The number of carbonyl (C=O) groups excluding carboxylic acids is 1. The first-order chi connectivity index (χ1) is 9.69. The van der Waals surface area contributed by atoms with Gasteiger partial charge in [0, 0.05) is 23.0 Å². The lowest BCUT2D eigenvalue weighted by molar-refractivity contribution is 0.240. The molecule has 4 nitrogen and oxygen atoms in total. The second-order valence-corrected chi connectivity index (χ2v) is 5.13. The first kappa shape index (κ1) is 14.7. The lowest BCUT2D eigenvalue weighted by Gasteiger charge is -2.26. The largest absolute Gasteiger partial charge is 0.395 e. The van der Waals surface area contributed by atoms with Crippen LogP contribution in [0.5, 0.6) is 0 Å². The second kappa shape index (κ2) is 7.18. The molecule has 1 aromatic rings. The summed E-state index contributed by atoms with van der Waals surface area (Å²) in [5, 5.41) is 15.0. The average Bonchev–Trinajstić information content (AvgIpc) is 2.37. The minimum Gasteiger partial charge on any atom is -0.395 e. The van der Waals surface area contributed by atoms with Crippen molar-refractivity contribution in [2.45, 2.75) is 31.7 Å². The zero-order valence-electron chi connectivity index (χ0n) is 11.1. The maximum absolute atomic E-state index is 11.8. The first-order valence-corrected chi connectivity index (χ1v) is 7.03. The molecule has 1 aliphatic carbocycles. The zero-order chi connectivity index (χ0) is 14.4. The number of amides is 2. The monoisotopic (exact) mass is 292 g/mol. The molecule has 20 heavy (non-hydrogen) atoms. The molecule has 0 unspecified atom stereocenters. The first-order valence-electron chi connectivity index (χ1n) is 6.66. The zero-order valence-corrected chi connectivity index (χ0v) is 11.8. The molecule has 2 amide bonds. The Morgan fingerprint density at radius 1 is 1.45 bits per heavy atom. The van der Waals surface area contributed by atoms with Crippen molar-refractivity contribution in [3.63, 3.8) is 0 Å². The normalized spacial score (nSPS) is 13.9. The molecule has 0 atom stereocenters. The quantitative estimate of drug-likeness (QED) is 0.750. The fourth-order valence-corrected chi connectivity index (χ4v) is 2.01. The minimum absolute atomic E-state index is 0.0124. The number of hydrogen-bond donors (Lipinski definition) is 3. The van der Waals surface area contributed by atoms with Crippen molar-refractivity contribution < 1.29 is 9.90 Å². The van der Waals surface area contributed by atoms with Crippen LogP contribution in [0.3, 0.4) is 0 Å². The molecule has 106 valence electrons. The van der Waals surface area contributed by atoms with Crippen molar-refractivity contribution >= 4 is 23.3 Å². The SMILES string of the molecule is O=C(Nc1ccc(Cl)cc1C#CCCO)NC1CCC1. The van der Waals surface area contributed by atoms with Crippen LogP contribution in [0.4, 0.5) is 10.5 Å². The Labute approximate surface area is 123 Å². The van der Waals surface area contributed by atoms with E-state index in [1.807, 2.05) is 0 Å². The van der Waals surface area contributed by atoms with Crippen LogP contribution < -0.4 is 10.6 Å². The highest BCUT2D eigenvalue weighted by molar-refractivity contribution is 6.30. The van der Waals surface area contributed by atoms with E-state index in [9.17, 15) is 4.79 Å². The summed E-state index contributed by atoms with van der Waals surface area (Å²) in [7, 11) is 0. The molecule has 2 rings (SSSR count). The lowest BCUT2D eigenvalue weighted by atomic mass is 9.93. The number of benzene rings is 1. The summed E-state index contributed by atoms with van der Waals surface area (Å²) in [5.41, 5.74) is 1.27. The number of hydrogen-bond acceptors (Lipinski definition) is 2. The third kappa shape index (κ3) is 4.16. The highest BCUT2D eigenvalue weighted by Gasteiger charge is 2.19. The Hall–Kier alpha value is -1.70. The molecule has 0 aliphatic heterocycles. The van der Waals surface area contributed by atoms with Crippen LogP contribution in [-0.4, -0.2) is 23.8 Å². The van der Waals surface area contributed by atoms with Crippen LogP contribution in [0.15, 0.2) is 18.2 Å². The van der Waals surface area contributed by atoms with Crippen LogP contribution >= 0.6 is 11.6 Å². The predicted octanol–water partition coefficient (Wildman–Crippen LogP) is 2.75. The summed E-state index contributed by atoms with van der Waals surface area (Å²) in [5.74, 6) is 5.73. The van der Waals surface area contributed by atoms with Crippen LogP contribution in [0.25, 0.3) is 0 Å². The summed E-state index contributed by atoms with van der Waals surface area (Å²) in [6, 6.07) is 5.20. The highest BCUT2D eigenvalue weighted by atomic mass is 35.5. The van der Waals surface area contributed by atoms with Crippen LogP contribution in [0.2, 0.25) is 5.02 Å². The maximum Gasteiger partial charge on any atom is 0.319 e. The van der Waals surface area contributed by atoms with Gasteiger partial charge in [0.25, 0.3) is 0 Å². The van der Waals surface area contributed by atoms with Crippen LogP contribution in [0, 0.1) is 11.8 Å². The molecule has 1 aliphatic rings. The minimum atomic E-state index is -0.220. The number of halogens is 1. The molecule has 1 fully saturated rings. The summed E-state index contributed by atoms with van der Waals surface area (Å²) in [6.45, 7) is 0.0124. The Morgan fingerprint density at radius 2 is 2.25 bits per heavy atom. The Kier molecular flexibility index (Phi) is 5.28. The van der Waals surface area contributed by atoms with E-state index in [1.165, 1.54) is 6.42 Å². The third-order valence-corrected chi connectivity index (χ3v) is 3.37. The molecule has 1 saturated carbocycles. The van der Waals surface area contributed by atoms with Crippen LogP contribution in [-0.2, 0) is 0 Å². The summed E-state index contributed by atoms with van der Waals surface area (Å²) in [4.78, 5) is 11.8. The van der Waals surface area contributed by atoms with Gasteiger partial charge in [-0.3, -0.25) is 0 Å². The Balaban J connectivity index is 2.05. The molecule has 0 aromatic heterocycles. The van der Waals surface area contributed by atoms with E-state index >= 15 is 0 Å². The number of carbonyl (C=O) groups is 1. The number of nitrogens with one attached hydrogen (secondary N) is 2. The van der Waals surface area contributed by atoms with E-state index in [0.717, 1.165) is 12.8 Å². The number of aliphatic hydroxyl groups is 1. The van der Waals surface area contributed by atoms with E-state index in [-0.39, 0.29) is 18.7 Å². The van der Waals surface area contributed by atoms with Crippen molar-refractivity contribution in [3.05, 3.63) is 28.8 Å². The highest BCUT2D eigenvalue weighted by Crippen LogP contribution is 2.21. The van der Waals surface area contributed by atoms with Crippen molar-refractivity contribution in [2.24, 2.45) is 0 Å². The molecule has 0 spiro atoms. The van der Waals surface area contributed by atoms with Gasteiger partial charge >= 0.3 is 6.03 Å². The van der Waals surface area contributed by atoms with Gasteiger partial charge in [0.15, 0.2) is 0 Å². The van der Waals surface area contributed by atoms with Gasteiger partial charge in [0.2, 0.25) is 0 Å². The number of urea groups is 1. The molecule has 0 bridgehead atoms. The summed E-state index contributed by atoms with van der Waals surface area (Å²) in [6.07, 6.45) is 3.64. The van der Waals surface area contributed by atoms with E-state index in [4.69, 9.17) is 16.7 Å². The Morgan fingerprint density at radius 3 is 2.90 bits per heavy atom. The van der Waals surface area contributed by atoms with Gasteiger partial charge < -0.3 is 15.7 Å². The van der Waals surface area contributed by atoms with Crippen molar-refractivity contribution in [1.82, 2.24) is 5.32 Å². The van der Waals surface area contributed by atoms with Crippen molar-refractivity contribution in [2.75, 3.05) is 11.9 Å². The average molecular weight is 293 g/mol. The standard InChI is InChI=1S/C15H17ClN2O2/c16-12-7-8-14(11(10-12)4-1-2-9-19)18-15(20)17-13-5-3-6-13/h7-8,10,13,19H,2-3,5-6,9H2,(H2,17,18,20). The van der Waals surface area contributed by atoms with Gasteiger partial charge in [-0.15, -0.1) is 0 Å². The lowest BCUT2D eigenvalue weighted by Crippen LogP contribution is -2.41. The molecule has 0 radical (unpaired) electrons. The summed E-state index contributed by atoms with van der Waals surface area (Å²) >= 11 is 5.94. The number of aliphatic hydroxyl groups excluding tert-OH is 1. The fraction of sp³-hybridized carbons (Fsp3) is 0.400. The van der Waals surface area contributed by atoms with Gasteiger partial charge in [-0.25, -0.2) is 4.79 Å². The van der Waals surface area contributed by atoms with Crippen LogP contribution in [0.1, 0.15) is 31.2 Å². The number of anilines is 1. The number of rotatable bonds is 3. The van der Waals surface area contributed by atoms with Crippen molar-refractivity contribution in [3.8, 4) is 11.8 Å². The molecule has 1 aromatic carbocycles. The van der Waals surface area contributed by atoms with E-state index in [0.29, 0.717) is 22.7 Å². The molecule has 5 heteroatoms. The molecular weight excluding hydrogens is 276 g/mol. The Bertz CT molecular complexity index is 545. The summed E-state index contributed by atoms with van der Waals surface area (Å²) < 4.78 is 0. The third-order valence-electron chi connectivity index (χ3n) is 3.13.